The molecule has 1 aromatic heterocycles. The third kappa shape index (κ3) is 6.13. The normalized spacial score (nSPS) is 17.9. The van der Waals surface area contributed by atoms with Crippen LogP contribution in [0.2, 0.25) is 0 Å². The highest BCUT2D eigenvalue weighted by Crippen LogP contribution is 2.32. The molecular weight excluding hydrogens is 442 g/mol. The summed E-state index contributed by atoms with van der Waals surface area (Å²) in [5.74, 6) is 0. The zero-order valence-electron chi connectivity index (χ0n) is 19.9. The monoisotopic (exact) mass is 473 g/mol. The van der Waals surface area contributed by atoms with Crippen LogP contribution in [0.4, 0.5) is 0 Å². The van der Waals surface area contributed by atoms with Crippen molar-refractivity contribution in [3.8, 4) is 0 Å². The smallest absolute Gasteiger partial charge is 0.0994 e. The van der Waals surface area contributed by atoms with Crippen molar-refractivity contribution in [2.24, 2.45) is 4.99 Å². The van der Waals surface area contributed by atoms with Crippen molar-refractivity contribution < 1.29 is 4.74 Å². The Kier molecular flexibility index (Phi) is 8.15. The molecule has 0 bridgehead atoms. The van der Waals surface area contributed by atoms with Gasteiger partial charge in [-0.25, -0.2) is 0 Å². The number of hydrogen-bond donors (Lipinski definition) is 1. The molecule has 2 aliphatic rings. The Morgan fingerprint density at radius 2 is 2.18 bits per heavy atom. The van der Waals surface area contributed by atoms with Gasteiger partial charge in [-0.1, -0.05) is 61.0 Å². The molecule has 176 valence electrons. The Hall–Kier alpha value is -2.95. The first-order valence-corrected chi connectivity index (χ1v) is 12.3. The van der Waals surface area contributed by atoms with Gasteiger partial charge in [0.05, 0.1) is 24.4 Å². The zero-order chi connectivity index (χ0) is 23.9. The quantitative estimate of drug-likeness (QED) is 0.252. The number of nitrogens with zero attached hydrogens (tertiary/aromatic N) is 2. The summed E-state index contributed by atoms with van der Waals surface area (Å²) in [5, 5.41) is 9.59. The fourth-order valence-corrected chi connectivity index (χ4v) is 4.55. The molecule has 0 radical (unpaired) electrons. The van der Waals surface area contributed by atoms with Crippen LogP contribution in [-0.2, 0) is 4.74 Å². The third-order valence-electron chi connectivity index (χ3n) is 5.99. The van der Waals surface area contributed by atoms with Gasteiger partial charge in [0.15, 0.2) is 0 Å². The topological polar surface area (TPSA) is 50.3 Å². The minimum Gasteiger partial charge on any atom is -0.381 e. The van der Waals surface area contributed by atoms with E-state index in [-0.39, 0.29) is 0 Å². The van der Waals surface area contributed by atoms with Gasteiger partial charge in [0, 0.05) is 35.2 Å². The van der Waals surface area contributed by atoms with E-state index in [0.717, 1.165) is 101 Å². The van der Waals surface area contributed by atoms with Gasteiger partial charge in [-0.05, 0) is 66.7 Å². The maximum Gasteiger partial charge on any atom is 0.0994 e. The molecule has 0 saturated carbocycles. The first-order valence-electron chi connectivity index (χ1n) is 11.9. The molecule has 2 aromatic rings. The van der Waals surface area contributed by atoms with E-state index in [1.165, 1.54) is 5.57 Å². The second-order valence-corrected chi connectivity index (χ2v) is 9.27. The Balaban J connectivity index is 1.65. The van der Waals surface area contributed by atoms with Crippen LogP contribution in [0.5, 0.6) is 0 Å². The average molecular weight is 474 g/mol. The molecular formula is C29H32ClN3O. The summed E-state index contributed by atoms with van der Waals surface area (Å²) in [4.78, 5) is 4.73. The van der Waals surface area contributed by atoms with Crippen LogP contribution < -0.4 is 0 Å². The van der Waals surface area contributed by atoms with Crippen LogP contribution in [0.25, 0.3) is 22.0 Å². The molecule has 0 spiro atoms. The fourth-order valence-electron chi connectivity index (χ4n) is 4.24. The van der Waals surface area contributed by atoms with E-state index in [9.17, 15) is 0 Å². The minimum atomic E-state index is 0.728. The van der Waals surface area contributed by atoms with E-state index >= 15 is 0 Å². The molecule has 1 N–H and O–H groups in total. The van der Waals surface area contributed by atoms with Gasteiger partial charge >= 0.3 is 0 Å². The van der Waals surface area contributed by atoms with Gasteiger partial charge in [-0.15, -0.1) is 0 Å². The number of aromatic nitrogens is 2. The number of ether oxygens (including phenoxy) is 1. The van der Waals surface area contributed by atoms with Crippen LogP contribution in [0.1, 0.15) is 56.7 Å². The van der Waals surface area contributed by atoms with Crippen molar-refractivity contribution in [3.05, 3.63) is 88.8 Å². The van der Waals surface area contributed by atoms with Crippen molar-refractivity contribution in [3.63, 3.8) is 0 Å². The summed E-state index contributed by atoms with van der Waals surface area (Å²) >= 11 is 6.42. The number of rotatable bonds is 7. The number of nitrogens with one attached hydrogen (secondary N) is 1. The van der Waals surface area contributed by atoms with Crippen LogP contribution in [0.3, 0.4) is 0 Å². The lowest BCUT2D eigenvalue weighted by Gasteiger charge is -2.08. The van der Waals surface area contributed by atoms with E-state index in [4.69, 9.17) is 21.3 Å². The lowest BCUT2D eigenvalue weighted by atomic mass is 9.99. The molecule has 34 heavy (non-hydrogen) atoms. The van der Waals surface area contributed by atoms with Gasteiger partial charge in [0.1, 0.15) is 0 Å². The number of H-pyrrole nitrogens is 1. The third-order valence-corrected chi connectivity index (χ3v) is 6.24. The van der Waals surface area contributed by atoms with Crippen LogP contribution in [0, 0.1) is 0 Å². The number of fused-ring (bicyclic) bond motifs is 1. The molecule has 0 saturated heterocycles. The summed E-state index contributed by atoms with van der Waals surface area (Å²) in [5.41, 5.74) is 8.35. The largest absolute Gasteiger partial charge is 0.381 e. The lowest BCUT2D eigenvalue weighted by molar-refractivity contribution is 0.146. The number of halogens is 1. The van der Waals surface area contributed by atoms with E-state index in [1.807, 2.05) is 12.3 Å². The Bertz CT molecular complexity index is 1240. The van der Waals surface area contributed by atoms with E-state index in [1.54, 1.807) is 0 Å². The van der Waals surface area contributed by atoms with Gasteiger partial charge in [0.2, 0.25) is 0 Å². The molecule has 0 amide bonds. The predicted molar refractivity (Wildman–Crippen MR) is 145 cm³/mol. The van der Waals surface area contributed by atoms with Crippen molar-refractivity contribution >= 4 is 39.9 Å². The summed E-state index contributed by atoms with van der Waals surface area (Å²) < 4.78 is 5.59. The molecule has 1 aliphatic carbocycles. The summed E-state index contributed by atoms with van der Waals surface area (Å²) in [6.45, 7) is 12.1. The van der Waals surface area contributed by atoms with Crippen molar-refractivity contribution in [2.75, 3.05) is 13.2 Å². The van der Waals surface area contributed by atoms with Crippen LogP contribution in [-0.4, -0.2) is 29.6 Å². The molecule has 2 heterocycles. The van der Waals surface area contributed by atoms with Crippen molar-refractivity contribution in [2.45, 2.75) is 45.4 Å². The average Bonchev–Trinajstić information content (AvgIpc) is 2.95. The van der Waals surface area contributed by atoms with Gasteiger partial charge in [-0.2, -0.15) is 5.10 Å². The number of aromatic amines is 1. The number of hydrogen-bond acceptors (Lipinski definition) is 3. The number of allylic oxidation sites excluding steroid dienone is 8. The van der Waals surface area contributed by atoms with Crippen molar-refractivity contribution in [1.82, 2.24) is 10.2 Å². The highest BCUT2D eigenvalue weighted by Gasteiger charge is 2.13. The molecule has 4 rings (SSSR count). The number of benzene rings is 1. The standard InChI is InChI=1S/C29H32ClN3O/c1-4-12-31-26(17-22-6-5-13-34-14-11-22)16-21(3)29-27-19-24(9-10-28(27)32-33-29)23-8-7-20(2)15-25(30)18-23/h6,8-10,12,16,18-19H,2-5,7,11,13-15,17H2,1H3,(H,32,33)/b26-16-,31-12?. The van der Waals surface area contributed by atoms with Gasteiger partial charge < -0.3 is 4.74 Å². The second kappa shape index (κ2) is 11.5. The van der Waals surface area contributed by atoms with E-state index in [0.29, 0.717) is 0 Å². The van der Waals surface area contributed by atoms with Gasteiger partial charge in [0.25, 0.3) is 0 Å². The first kappa shape index (κ1) is 24.2. The Morgan fingerprint density at radius 3 is 3.03 bits per heavy atom. The predicted octanol–water partition coefficient (Wildman–Crippen LogP) is 7.92. The molecule has 5 heteroatoms. The summed E-state index contributed by atoms with van der Waals surface area (Å²) in [6.07, 6.45) is 15.7. The molecule has 4 nitrogen and oxygen atoms in total. The molecule has 1 aliphatic heterocycles. The van der Waals surface area contributed by atoms with Gasteiger partial charge in [-0.3, -0.25) is 10.1 Å². The molecule has 1 aromatic carbocycles. The minimum absolute atomic E-state index is 0.728. The number of aliphatic imine (C=N–C) groups is 1. The highest BCUT2D eigenvalue weighted by atomic mass is 35.5. The second-order valence-electron chi connectivity index (χ2n) is 8.79. The molecule has 0 unspecified atom stereocenters. The Morgan fingerprint density at radius 1 is 1.29 bits per heavy atom. The van der Waals surface area contributed by atoms with E-state index in [2.05, 4.69) is 66.7 Å². The lowest BCUT2D eigenvalue weighted by Crippen LogP contribution is -1.94. The molecule has 0 fully saturated rings. The summed E-state index contributed by atoms with van der Waals surface area (Å²) in [7, 11) is 0. The Labute approximate surface area is 207 Å². The highest BCUT2D eigenvalue weighted by molar-refractivity contribution is 6.30. The SMILES string of the molecule is C=C1CC=C(c2ccc3[nH]nc(C(=C)/C=C(/CC4=CCCOCC4)N=CCC)c3c2)C=C(Cl)C1. The van der Waals surface area contributed by atoms with E-state index < -0.39 is 0 Å². The maximum absolute atomic E-state index is 6.42. The molecule has 0 atom stereocenters. The van der Waals surface area contributed by atoms with Crippen LogP contribution in [0.15, 0.2) is 82.5 Å². The summed E-state index contributed by atoms with van der Waals surface area (Å²) in [6, 6.07) is 6.32. The zero-order valence-corrected chi connectivity index (χ0v) is 20.6. The maximum atomic E-state index is 6.42. The van der Waals surface area contributed by atoms with Crippen LogP contribution >= 0.6 is 11.6 Å². The first-order chi connectivity index (χ1) is 16.5. The fraction of sp³-hybridized carbons (Fsp3) is 0.310. The van der Waals surface area contributed by atoms with Crippen molar-refractivity contribution in [1.29, 1.82) is 0 Å².